The summed E-state index contributed by atoms with van der Waals surface area (Å²) in [6, 6.07) is 16.2. The molecule has 23 heavy (non-hydrogen) atoms. The summed E-state index contributed by atoms with van der Waals surface area (Å²) in [7, 11) is 1.59. The molecule has 2 rings (SSSR count). The van der Waals surface area contributed by atoms with E-state index in [4.69, 9.17) is 4.74 Å². The number of carbonyl (C=O) groups excluding carboxylic acids is 2. The van der Waals surface area contributed by atoms with E-state index in [9.17, 15) is 9.59 Å². The summed E-state index contributed by atoms with van der Waals surface area (Å²) in [5.41, 5.74) is 1.35. The number of benzene rings is 2. The molecule has 0 fully saturated rings. The number of hydrogen-bond acceptors (Lipinski definition) is 3. The molecule has 2 aromatic rings. The molecule has 0 aliphatic heterocycles. The third-order valence-electron chi connectivity index (χ3n) is 3.28. The van der Waals surface area contributed by atoms with Crippen LogP contribution in [0.2, 0.25) is 0 Å². The summed E-state index contributed by atoms with van der Waals surface area (Å²) in [5, 5.41) is 5.60. The van der Waals surface area contributed by atoms with E-state index >= 15 is 0 Å². The fourth-order valence-electron chi connectivity index (χ4n) is 2.04. The Morgan fingerprint density at radius 2 is 1.70 bits per heavy atom. The Labute approximate surface area is 135 Å². The zero-order valence-electron chi connectivity index (χ0n) is 13.0. The lowest BCUT2D eigenvalue weighted by Crippen LogP contribution is -2.25. The molecule has 0 saturated heterocycles. The highest BCUT2D eigenvalue weighted by atomic mass is 16.5. The third-order valence-corrected chi connectivity index (χ3v) is 3.28. The number of rotatable bonds is 7. The van der Waals surface area contributed by atoms with Gasteiger partial charge >= 0.3 is 0 Å². The van der Waals surface area contributed by atoms with Crippen LogP contribution in [-0.4, -0.2) is 25.5 Å². The first-order valence-electron chi connectivity index (χ1n) is 7.46. The molecule has 120 valence electrons. The minimum absolute atomic E-state index is 0.0795. The second-order valence-electron chi connectivity index (χ2n) is 5.00. The van der Waals surface area contributed by atoms with Crippen LogP contribution in [0.1, 0.15) is 23.2 Å². The second-order valence-corrected chi connectivity index (χ2v) is 5.00. The molecule has 2 N–H and O–H groups in total. The SMILES string of the molecule is COc1ccc(NC(=O)CCCNC(=O)c2ccccc2)cc1. The van der Waals surface area contributed by atoms with Crippen molar-refractivity contribution >= 4 is 17.5 Å². The van der Waals surface area contributed by atoms with Gasteiger partial charge in [0.05, 0.1) is 7.11 Å². The molecule has 0 unspecified atom stereocenters. The Hall–Kier alpha value is -2.82. The van der Waals surface area contributed by atoms with Crippen molar-refractivity contribution in [2.45, 2.75) is 12.8 Å². The van der Waals surface area contributed by atoms with Crippen molar-refractivity contribution in [3.05, 3.63) is 60.2 Å². The Balaban J connectivity index is 1.67. The molecule has 0 saturated carbocycles. The van der Waals surface area contributed by atoms with Gasteiger partial charge in [-0.1, -0.05) is 18.2 Å². The summed E-state index contributed by atoms with van der Waals surface area (Å²) in [6.45, 7) is 0.462. The van der Waals surface area contributed by atoms with Crippen LogP contribution >= 0.6 is 0 Å². The van der Waals surface area contributed by atoms with E-state index < -0.39 is 0 Å². The van der Waals surface area contributed by atoms with E-state index in [0.717, 1.165) is 11.4 Å². The monoisotopic (exact) mass is 312 g/mol. The molecular formula is C18H20N2O3. The summed E-state index contributed by atoms with van der Waals surface area (Å²) >= 11 is 0. The van der Waals surface area contributed by atoms with Crippen LogP contribution in [0.25, 0.3) is 0 Å². The lowest BCUT2D eigenvalue weighted by Gasteiger charge is -2.07. The summed E-state index contributed by atoms with van der Waals surface area (Å²) in [5.74, 6) is 0.539. The van der Waals surface area contributed by atoms with Crippen LogP contribution in [0.4, 0.5) is 5.69 Å². The van der Waals surface area contributed by atoms with Gasteiger partial charge in [-0.25, -0.2) is 0 Å². The lowest BCUT2D eigenvalue weighted by atomic mass is 10.2. The van der Waals surface area contributed by atoms with Crippen molar-refractivity contribution in [3.63, 3.8) is 0 Å². The minimum Gasteiger partial charge on any atom is -0.497 e. The number of ether oxygens (including phenoxy) is 1. The third kappa shape index (κ3) is 5.47. The molecule has 2 aromatic carbocycles. The topological polar surface area (TPSA) is 67.4 Å². The van der Waals surface area contributed by atoms with Crippen LogP contribution in [0, 0.1) is 0 Å². The molecular weight excluding hydrogens is 292 g/mol. The van der Waals surface area contributed by atoms with Crippen LogP contribution in [0.15, 0.2) is 54.6 Å². The van der Waals surface area contributed by atoms with E-state index in [1.807, 2.05) is 18.2 Å². The maximum absolute atomic E-state index is 11.8. The minimum atomic E-state index is -0.124. The predicted octanol–water partition coefficient (Wildman–Crippen LogP) is 2.84. The van der Waals surface area contributed by atoms with Gasteiger partial charge in [-0.3, -0.25) is 9.59 Å². The number of methoxy groups -OCH3 is 1. The lowest BCUT2D eigenvalue weighted by molar-refractivity contribution is -0.116. The summed E-state index contributed by atoms with van der Waals surface area (Å²) in [4.78, 5) is 23.6. The molecule has 2 amide bonds. The van der Waals surface area contributed by atoms with E-state index in [1.165, 1.54) is 0 Å². The van der Waals surface area contributed by atoms with E-state index in [0.29, 0.717) is 24.9 Å². The number of nitrogens with one attached hydrogen (secondary N) is 2. The quantitative estimate of drug-likeness (QED) is 0.773. The summed E-state index contributed by atoms with van der Waals surface area (Å²) < 4.78 is 5.06. The molecule has 0 bridgehead atoms. The van der Waals surface area contributed by atoms with Crippen molar-refractivity contribution in [3.8, 4) is 5.75 Å². The molecule has 0 atom stereocenters. The molecule has 5 nitrogen and oxygen atoms in total. The number of carbonyl (C=O) groups is 2. The molecule has 0 aliphatic rings. The van der Waals surface area contributed by atoms with Crippen LogP contribution < -0.4 is 15.4 Å². The highest BCUT2D eigenvalue weighted by Gasteiger charge is 2.05. The van der Waals surface area contributed by atoms with Gasteiger partial charge in [0.15, 0.2) is 0 Å². The number of anilines is 1. The molecule has 0 radical (unpaired) electrons. The zero-order valence-corrected chi connectivity index (χ0v) is 13.0. The van der Waals surface area contributed by atoms with Crippen molar-refractivity contribution in [1.82, 2.24) is 5.32 Å². The highest BCUT2D eigenvalue weighted by molar-refractivity contribution is 5.94. The molecule has 5 heteroatoms. The van der Waals surface area contributed by atoms with Crippen molar-refractivity contribution in [1.29, 1.82) is 0 Å². The van der Waals surface area contributed by atoms with Gasteiger partial charge in [0.1, 0.15) is 5.75 Å². The molecule has 0 spiro atoms. The average Bonchev–Trinajstić information content (AvgIpc) is 2.60. The Morgan fingerprint density at radius 3 is 2.35 bits per heavy atom. The standard InChI is InChI=1S/C18H20N2O3/c1-23-16-11-9-15(10-12-16)20-17(21)8-5-13-19-18(22)14-6-3-2-4-7-14/h2-4,6-7,9-12H,5,8,13H2,1H3,(H,19,22)(H,20,21). The second kappa shape index (κ2) is 8.58. The van der Waals surface area contributed by atoms with E-state index in [-0.39, 0.29) is 11.8 Å². The first kappa shape index (κ1) is 16.5. The molecule has 0 aliphatic carbocycles. The normalized spacial score (nSPS) is 9.96. The van der Waals surface area contributed by atoms with Crippen LogP contribution in [-0.2, 0) is 4.79 Å². The van der Waals surface area contributed by atoms with Crippen LogP contribution in [0.3, 0.4) is 0 Å². The maximum Gasteiger partial charge on any atom is 0.251 e. The Morgan fingerprint density at radius 1 is 1.00 bits per heavy atom. The predicted molar refractivity (Wildman–Crippen MR) is 89.6 cm³/mol. The fourth-order valence-corrected chi connectivity index (χ4v) is 2.04. The largest absolute Gasteiger partial charge is 0.497 e. The molecule has 0 aromatic heterocycles. The fraction of sp³-hybridized carbons (Fsp3) is 0.222. The summed E-state index contributed by atoms with van der Waals surface area (Å²) in [6.07, 6.45) is 0.932. The van der Waals surface area contributed by atoms with Crippen molar-refractivity contribution in [2.24, 2.45) is 0 Å². The van der Waals surface area contributed by atoms with Gasteiger partial charge in [0.25, 0.3) is 5.91 Å². The zero-order chi connectivity index (χ0) is 16.5. The number of amides is 2. The van der Waals surface area contributed by atoms with Gasteiger partial charge in [0.2, 0.25) is 5.91 Å². The first-order valence-corrected chi connectivity index (χ1v) is 7.46. The maximum atomic E-state index is 11.8. The van der Waals surface area contributed by atoms with Gasteiger partial charge in [-0.2, -0.15) is 0 Å². The Bertz CT molecular complexity index is 639. The first-order chi connectivity index (χ1) is 11.2. The van der Waals surface area contributed by atoms with Gasteiger partial charge in [-0.05, 0) is 42.8 Å². The smallest absolute Gasteiger partial charge is 0.251 e. The van der Waals surface area contributed by atoms with Crippen molar-refractivity contribution < 1.29 is 14.3 Å². The van der Waals surface area contributed by atoms with Gasteiger partial charge in [-0.15, -0.1) is 0 Å². The average molecular weight is 312 g/mol. The van der Waals surface area contributed by atoms with Crippen LogP contribution in [0.5, 0.6) is 5.75 Å². The van der Waals surface area contributed by atoms with E-state index in [1.54, 1.807) is 43.5 Å². The molecule has 0 heterocycles. The highest BCUT2D eigenvalue weighted by Crippen LogP contribution is 2.15. The van der Waals surface area contributed by atoms with E-state index in [2.05, 4.69) is 10.6 Å². The van der Waals surface area contributed by atoms with Gasteiger partial charge < -0.3 is 15.4 Å². The van der Waals surface area contributed by atoms with Crippen molar-refractivity contribution in [2.75, 3.05) is 19.0 Å². The number of hydrogen-bond donors (Lipinski definition) is 2. The Kier molecular flexibility index (Phi) is 6.17. The van der Waals surface area contributed by atoms with Gasteiger partial charge in [0, 0.05) is 24.2 Å².